The predicted molar refractivity (Wildman–Crippen MR) is 64.5 cm³/mol. The maximum atomic E-state index is 5.68. The van der Waals surface area contributed by atoms with Gasteiger partial charge in [0.25, 0.3) is 0 Å². The normalized spacial score (nSPS) is 11.1. The summed E-state index contributed by atoms with van der Waals surface area (Å²) < 4.78 is 16.0. The second-order valence-corrected chi connectivity index (χ2v) is 4.87. The molecule has 1 aromatic carbocycles. The van der Waals surface area contributed by atoms with Gasteiger partial charge in [0.2, 0.25) is 0 Å². The van der Waals surface area contributed by atoms with E-state index in [1.165, 1.54) is 0 Å². The number of hydrogen-bond acceptors (Lipinski definition) is 3. The molecule has 90 valence electrons. The summed E-state index contributed by atoms with van der Waals surface area (Å²) in [4.78, 5) is 0. The maximum Gasteiger partial charge on any atom is 0.164 e. The van der Waals surface area contributed by atoms with E-state index < -0.39 is 0 Å². The second kappa shape index (κ2) is 5.10. The molecular weight excluding hydrogens is 204 g/mol. The van der Waals surface area contributed by atoms with Crippen molar-refractivity contribution >= 4 is 0 Å². The van der Waals surface area contributed by atoms with E-state index in [0.29, 0.717) is 18.1 Å². The van der Waals surface area contributed by atoms with E-state index in [1.54, 1.807) is 14.2 Å². The Bertz CT molecular complexity index is 340. The van der Waals surface area contributed by atoms with Crippen LogP contribution < -0.4 is 14.2 Å². The Hall–Kier alpha value is -1.38. The van der Waals surface area contributed by atoms with Gasteiger partial charge in [-0.25, -0.2) is 0 Å². The zero-order valence-corrected chi connectivity index (χ0v) is 10.7. The molecule has 0 aliphatic carbocycles. The number of methoxy groups -OCH3 is 2. The number of benzene rings is 1. The van der Waals surface area contributed by atoms with Crippen LogP contribution in [0.1, 0.15) is 20.8 Å². The molecule has 3 heteroatoms. The van der Waals surface area contributed by atoms with Crippen LogP contribution in [0.2, 0.25) is 0 Å². The van der Waals surface area contributed by atoms with Gasteiger partial charge in [-0.2, -0.15) is 0 Å². The Morgan fingerprint density at radius 1 is 1.00 bits per heavy atom. The van der Waals surface area contributed by atoms with E-state index in [4.69, 9.17) is 14.2 Å². The molecule has 0 radical (unpaired) electrons. The summed E-state index contributed by atoms with van der Waals surface area (Å²) in [5.41, 5.74) is 0.146. The van der Waals surface area contributed by atoms with Gasteiger partial charge in [0.15, 0.2) is 11.5 Å². The Balaban J connectivity index is 2.75. The largest absolute Gasteiger partial charge is 0.493 e. The van der Waals surface area contributed by atoms with Crippen LogP contribution in [-0.2, 0) is 0 Å². The molecule has 0 saturated heterocycles. The zero-order valence-electron chi connectivity index (χ0n) is 10.7. The molecule has 0 aliphatic heterocycles. The molecule has 0 aliphatic rings. The lowest BCUT2D eigenvalue weighted by Gasteiger charge is -2.19. The fraction of sp³-hybridized carbons (Fsp3) is 0.538. The molecule has 16 heavy (non-hydrogen) atoms. The molecule has 0 spiro atoms. The highest BCUT2D eigenvalue weighted by molar-refractivity contribution is 5.45. The summed E-state index contributed by atoms with van der Waals surface area (Å²) in [6, 6.07) is 5.56. The van der Waals surface area contributed by atoms with Crippen LogP contribution in [0.3, 0.4) is 0 Å². The lowest BCUT2D eigenvalue weighted by atomic mass is 9.99. The standard InChI is InChI=1S/C13H20O3/c1-13(2,3)9-16-10-6-7-11(14-4)12(8-10)15-5/h6-8H,9H2,1-5H3. The lowest BCUT2D eigenvalue weighted by molar-refractivity contribution is 0.197. The van der Waals surface area contributed by atoms with Crippen molar-refractivity contribution in [1.29, 1.82) is 0 Å². The van der Waals surface area contributed by atoms with Crippen molar-refractivity contribution in [3.63, 3.8) is 0 Å². The average molecular weight is 224 g/mol. The highest BCUT2D eigenvalue weighted by Gasteiger charge is 2.12. The van der Waals surface area contributed by atoms with Crippen LogP contribution in [0.4, 0.5) is 0 Å². The minimum absolute atomic E-state index is 0.146. The molecule has 0 aromatic heterocycles. The van der Waals surface area contributed by atoms with Gasteiger partial charge in [0, 0.05) is 6.07 Å². The van der Waals surface area contributed by atoms with Gasteiger partial charge in [-0.1, -0.05) is 20.8 Å². The van der Waals surface area contributed by atoms with E-state index in [-0.39, 0.29) is 5.41 Å². The van der Waals surface area contributed by atoms with Gasteiger partial charge in [0.1, 0.15) is 5.75 Å². The Morgan fingerprint density at radius 3 is 2.12 bits per heavy atom. The quantitative estimate of drug-likeness (QED) is 0.786. The van der Waals surface area contributed by atoms with Crippen molar-refractivity contribution in [2.24, 2.45) is 5.41 Å². The third-order valence-electron chi connectivity index (χ3n) is 2.03. The van der Waals surface area contributed by atoms with Crippen molar-refractivity contribution in [2.45, 2.75) is 20.8 Å². The number of hydrogen-bond donors (Lipinski definition) is 0. The van der Waals surface area contributed by atoms with E-state index >= 15 is 0 Å². The first-order valence-electron chi connectivity index (χ1n) is 5.31. The molecular formula is C13H20O3. The Labute approximate surface area is 97.3 Å². The van der Waals surface area contributed by atoms with Gasteiger partial charge >= 0.3 is 0 Å². The molecule has 0 unspecified atom stereocenters. The molecule has 1 aromatic rings. The molecule has 3 nitrogen and oxygen atoms in total. The average Bonchev–Trinajstić information content (AvgIpc) is 2.25. The van der Waals surface area contributed by atoms with Crippen LogP contribution in [0.5, 0.6) is 17.2 Å². The summed E-state index contributed by atoms with van der Waals surface area (Å²) >= 11 is 0. The van der Waals surface area contributed by atoms with Gasteiger partial charge in [-0.3, -0.25) is 0 Å². The SMILES string of the molecule is COc1ccc(OCC(C)(C)C)cc1OC. The minimum Gasteiger partial charge on any atom is -0.493 e. The predicted octanol–water partition coefficient (Wildman–Crippen LogP) is 3.13. The van der Waals surface area contributed by atoms with Crippen molar-refractivity contribution in [3.8, 4) is 17.2 Å². The van der Waals surface area contributed by atoms with Crippen molar-refractivity contribution in [1.82, 2.24) is 0 Å². The molecule has 0 amide bonds. The fourth-order valence-electron chi connectivity index (χ4n) is 1.21. The first-order valence-corrected chi connectivity index (χ1v) is 5.31. The van der Waals surface area contributed by atoms with Crippen molar-refractivity contribution in [3.05, 3.63) is 18.2 Å². The highest BCUT2D eigenvalue weighted by atomic mass is 16.5. The summed E-state index contributed by atoms with van der Waals surface area (Å²) in [7, 11) is 3.24. The first-order chi connectivity index (χ1) is 7.46. The van der Waals surface area contributed by atoms with E-state index in [9.17, 15) is 0 Å². The maximum absolute atomic E-state index is 5.68. The zero-order chi connectivity index (χ0) is 12.2. The van der Waals surface area contributed by atoms with Crippen molar-refractivity contribution in [2.75, 3.05) is 20.8 Å². The third-order valence-corrected chi connectivity index (χ3v) is 2.03. The molecule has 0 fully saturated rings. The van der Waals surface area contributed by atoms with E-state index in [2.05, 4.69) is 20.8 Å². The first kappa shape index (κ1) is 12.7. The third kappa shape index (κ3) is 3.65. The lowest BCUT2D eigenvalue weighted by Crippen LogP contribution is -2.16. The van der Waals surface area contributed by atoms with E-state index in [1.807, 2.05) is 18.2 Å². The minimum atomic E-state index is 0.146. The highest BCUT2D eigenvalue weighted by Crippen LogP contribution is 2.31. The van der Waals surface area contributed by atoms with Gasteiger partial charge in [-0.15, -0.1) is 0 Å². The van der Waals surface area contributed by atoms with Crippen LogP contribution in [0.15, 0.2) is 18.2 Å². The van der Waals surface area contributed by atoms with Gasteiger partial charge < -0.3 is 14.2 Å². The summed E-state index contributed by atoms with van der Waals surface area (Å²) in [6.45, 7) is 7.07. The summed E-state index contributed by atoms with van der Waals surface area (Å²) in [6.07, 6.45) is 0. The Morgan fingerprint density at radius 2 is 1.62 bits per heavy atom. The number of ether oxygens (including phenoxy) is 3. The van der Waals surface area contributed by atoms with Gasteiger partial charge in [0.05, 0.1) is 20.8 Å². The fourth-order valence-corrected chi connectivity index (χ4v) is 1.21. The molecule has 0 heterocycles. The molecule has 0 bridgehead atoms. The van der Waals surface area contributed by atoms with Crippen molar-refractivity contribution < 1.29 is 14.2 Å². The number of rotatable bonds is 4. The van der Waals surface area contributed by atoms with Gasteiger partial charge in [-0.05, 0) is 17.5 Å². The van der Waals surface area contributed by atoms with Crippen LogP contribution in [0, 0.1) is 5.41 Å². The molecule has 0 saturated carbocycles. The summed E-state index contributed by atoms with van der Waals surface area (Å²) in [5, 5.41) is 0. The molecule has 1 rings (SSSR count). The molecule has 0 N–H and O–H groups in total. The van der Waals surface area contributed by atoms with Crippen LogP contribution in [-0.4, -0.2) is 20.8 Å². The van der Waals surface area contributed by atoms with Crippen LogP contribution in [0.25, 0.3) is 0 Å². The smallest absolute Gasteiger partial charge is 0.164 e. The second-order valence-electron chi connectivity index (χ2n) is 4.87. The molecule has 0 atom stereocenters. The van der Waals surface area contributed by atoms with E-state index in [0.717, 1.165) is 5.75 Å². The monoisotopic (exact) mass is 224 g/mol. The van der Waals surface area contributed by atoms with Crippen LogP contribution >= 0.6 is 0 Å². The topological polar surface area (TPSA) is 27.7 Å². The Kier molecular flexibility index (Phi) is 4.05. The summed E-state index contributed by atoms with van der Waals surface area (Å²) in [5.74, 6) is 2.20.